The van der Waals surface area contributed by atoms with Crippen LogP contribution in [0.3, 0.4) is 0 Å². The summed E-state index contributed by atoms with van der Waals surface area (Å²) in [7, 11) is 6.97. The minimum absolute atomic E-state index is 0.147. The standard InChI is InChI=1S/C25H28N4O5/c1-28(2)16-18-7-11-22(29(31)32)21(13-18)27-25(30)19-8-5-17(6-9-19)15-26-20-10-12-23(33-3)24(14-20)34-4/h5-14,26H,15-16H2,1-4H3,(H,27,30). The van der Waals surface area contributed by atoms with Crippen molar-refractivity contribution >= 4 is 23.0 Å². The van der Waals surface area contributed by atoms with Crippen LogP contribution in [0.4, 0.5) is 17.1 Å². The van der Waals surface area contributed by atoms with Gasteiger partial charge in [-0.25, -0.2) is 0 Å². The SMILES string of the molecule is COc1ccc(NCc2ccc(C(=O)Nc3cc(CN(C)C)ccc3[N+](=O)[O-])cc2)cc1OC. The summed E-state index contributed by atoms with van der Waals surface area (Å²) >= 11 is 0. The molecule has 3 aromatic rings. The molecule has 34 heavy (non-hydrogen) atoms. The van der Waals surface area contributed by atoms with Gasteiger partial charge in [0.1, 0.15) is 5.69 Å². The number of nitrogens with one attached hydrogen (secondary N) is 2. The van der Waals surface area contributed by atoms with Crippen molar-refractivity contribution in [1.29, 1.82) is 0 Å². The van der Waals surface area contributed by atoms with Crippen molar-refractivity contribution in [3.63, 3.8) is 0 Å². The maximum atomic E-state index is 12.8. The third kappa shape index (κ3) is 6.23. The van der Waals surface area contributed by atoms with Gasteiger partial charge in [-0.05, 0) is 55.6 Å². The van der Waals surface area contributed by atoms with Crippen molar-refractivity contribution in [2.45, 2.75) is 13.1 Å². The molecule has 9 nitrogen and oxygen atoms in total. The second kappa shape index (κ2) is 11.2. The molecule has 0 aliphatic rings. The number of nitro benzene ring substituents is 1. The first-order valence-electron chi connectivity index (χ1n) is 10.6. The highest BCUT2D eigenvalue weighted by molar-refractivity contribution is 6.05. The van der Waals surface area contributed by atoms with Crippen molar-refractivity contribution in [3.8, 4) is 11.5 Å². The number of hydrogen-bond donors (Lipinski definition) is 2. The van der Waals surface area contributed by atoms with E-state index in [0.717, 1.165) is 16.8 Å². The second-order valence-electron chi connectivity index (χ2n) is 7.92. The van der Waals surface area contributed by atoms with Gasteiger partial charge in [0.25, 0.3) is 11.6 Å². The maximum absolute atomic E-state index is 12.8. The minimum atomic E-state index is -0.502. The summed E-state index contributed by atoms with van der Waals surface area (Å²) in [6.45, 7) is 1.14. The lowest BCUT2D eigenvalue weighted by Gasteiger charge is -2.13. The number of nitrogens with zero attached hydrogens (tertiary/aromatic N) is 2. The molecule has 9 heteroatoms. The van der Waals surface area contributed by atoms with E-state index in [-0.39, 0.29) is 11.4 Å². The maximum Gasteiger partial charge on any atom is 0.292 e. The highest BCUT2D eigenvalue weighted by atomic mass is 16.6. The Labute approximate surface area is 198 Å². The number of ether oxygens (including phenoxy) is 2. The van der Waals surface area contributed by atoms with Gasteiger partial charge in [-0.1, -0.05) is 18.2 Å². The molecule has 0 fully saturated rings. The van der Waals surface area contributed by atoms with Crippen LogP contribution in [-0.2, 0) is 13.1 Å². The number of carbonyl (C=O) groups is 1. The Morgan fingerprint density at radius 1 is 0.941 bits per heavy atom. The Morgan fingerprint density at radius 2 is 1.62 bits per heavy atom. The van der Waals surface area contributed by atoms with Crippen LogP contribution >= 0.6 is 0 Å². The van der Waals surface area contributed by atoms with Gasteiger partial charge in [0.15, 0.2) is 11.5 Å². The molecule has 178 valence electrons. The molecule has 2 N–H and O–H groups in total. The minimum Gasteiger partial charge on any atom is -0.493 e. The molecule has 0 heterocycles. The number of rotatable bonds is 10. The number of methoxy groups -OCH3 is 2. The lowest BCUT2D eigenvalue weighted by molar-refractivity contribution is -0.383. The molecule has 0 aliphatic carbocycles. The summed E-state index contributed by atoms with van der Waals surface area (Å²) in [5.74, 6) is 0.865. The van der Waals surface area contributed by atoms with Crippen molar-refractivity contribution in [2.24, 2.45) is 0 Å². The molecule has 0 saturated heterocycles. The van der Waals surface area contributed by atoms with Crippen LogP contribution in [0.5, 0.6) is 11.5 Å². The van der Waals surface area contributed by atoms with E-state index in [1.54, 1.807) is 38.5 Å². The summed E-state index contributed by atoms with van der Waals surface area (Å²) in [5.41, 5.74) is 3.12. The van der Waals surface area contributed by atoms with E-state index in [1.165, 1.54) is 6.07 Å². The molecule has 1 amide bonds. The predicted molar refractivity (Wildman–Crippen MR) is 132 cm³/mol. The first kappa shape index (κ1) is 24.5. The van der Waals surface area contributed by atoms with Gasteiger partial charge in [0.05, 0.1) is 19.1 Å². The smallest absolute Gasteiger partial charge is 0.292 e. The van der Waals surface area contributed by atoms with Crippen LogP contribution in [0.25, 0.3) is 0 Å². The number of benzene rings is 3. The Balaban J connectivity index is 1.68. The van der Waals surface area contributed by atoms with Gasteiger partial charge in [-0.3, -0.25) is 14.9 Å². The van der Waals surface area contributed by atoms with Crippen LogP contribution in [-0.4, -0.2) is 44.0 Å². The molecule has 0 radical (unpaired) electrons. The average Bonchev–Trinajstić information content (AvgIpc) is 2.82. The van der Waals surface area contributed by atoms with Crippen molar-refractivity contribution in [3.05, 3.63) is 87.5 Å². The number of nitro groups is 1. The lowest BCUT2D eigenvalue weighted by atomic mass is 10.1. The number of anilines is 2. The largest absolute Gasteiger partial charge is 0.493 e. The molecule has 0 unspecified atom stereocenters. The van der Waals surface area contributed by atoms with Crippen molar-refractivity contribution in [1.82, 2.24) is 4.90 Å². The zero-order chi connectivity index (χ0) is 24.7. The Morgan fingerprint density at radius 3 is 2.24 bits per heavy atom. The van der Waals surface area contributed by atoms with E-state index >= 15 is 0 Å². The Bertz CT molecular complexity index is 1160. The molecular weight excluding hydrogens is 436 g/mol. The topological polar surface area (TPSA) is 106 Å². The zero-order valence-corrected chi connectivity index (χ0v) is 19.6. The van der Waals surface area contributed by atoms with Gasteiger partial charge in [0.2, 0.25) is 0 Å². The third-order valence-corrected chi connectivity index (χ3v) is 5.10. The third-order valence-electron chi connectivity index (χ3n) is 5.10. The number of amides is 1. The summed E-state index contributed by atoms with van der Waals surface area (Å²) in [6.07, 6.45) is 0. The van der Waals surface area contributed by atoms with Gasteiger partial charge in [-0.15, -0.1) is 0 Å². The summed E-state index contributed by atoms with van der Waals surface area (Å²) in [6, 6.07) is 17.3. The van der Waals surface area contributed by atoms with Crippen LogP contribution in [0.2, 0.25) is 0 Å². The quantitative estimate of drug-likeness (QED) is 0.335. The number of hydrogen-bond acceptors (Lipinski definition) is 7. The molecule has 0 saturated carbocycles. The molecule has 0 aliphatic heterocycles. The summed E-state index contributed by atoms with van der Waals surface area (Å²) in [5, 5.41) is 17.4. The van der Waals surface area contributed by atoms with E-state index in [4.69, 9.17) is 9.47 Å². The van der Waals surface area contributed by atoms with Crippen molar-refractivity contribution in [2.75, 3.05) is 38.9 Å². The molecule has 0 aromatic heterocycles. The van der Waals surface area contributed by atoms with E-state index in [2.05, 4.69) is 10.6 Å². The monoisotopic (exact) mass is 464 g/mol. The summed E-state index contributed by atoms with van der Waals surface area (Å²) in [4.78, 5) is 25.6. The van der Waals surface area contributed by atoms with Gasteiger partial charge in [-0.2, -0.15) is 0 Å². The second-order valence-corrected chi connectivity index (χ2v) is 7.92. The molecule has 0 spiro atoms. The van der Waals surface area contributed by atoms with Crippen LogP contribution in [0.15, 0.2) is 60.7 Å². The van der Waals surface area contributed by atoms with Gasteiger partial charge in [0, 0.05) is 36.5 Å². The lowest BCUT2D eigenvalue weighted by Crippen LogP contribution is -2.15. The van der Waals surface area contributed by atoms with Crippen LogP contribution < -0.4 is 20.1 Å². The molecule has 0 bridgehead atoms. The fourth-order valence-electron chi connectivity index (χ4n) is 3.42. The number of carbonyl (C=O) groups excluding carboxylic acids is 1. The molecular formula is C25H28N4O5. The van der Waals surface area contributed by atoms with Gasteiger partial charge < -0.3 is 25.0 Å². The average molecular weight is 465 g/mol. The fourth-order valence-corrected chi connectivity index (χ4v) is 3.42. The first-order chi connectivity index (χ1) is 16.3. The fraction of sp³-hybridized carbons (Fsp3) is 0.240. The summed E-state index contributed by atoms with van der Waals surface area (Å²) < 4.78 is 10.6. The van der Waals surface area contributed by atoms with E-state index < -0.39 is 10.8 Å². The van der Waals surface area contributed by atoms with Crippen LogP contribution in [0.1, 0.15) is 21.5 Å². The molecule has 0 atom stereocenters. The Hall–Kier alpha value is -4.11. The predicted octanol–water partition coefficient (Wildman–Crippen LogP) is 4.54. The zero-order valence-electron chi connectivity index (χ0n) is 19.6. The highest BCUT2D eigenvalue weighted by Gasteiger charge is 2.17. The normalized spacial score (nSPS) is 10.6. The molecule has 3 rings (SSSR count). The van der Waals surface area contributed by atoms with E-state index in [0.29, 0.717) is 30.2 Å². The highest BCUT2D eigenvalue weighted by Crippen LogP contribution is 2.30. The van der Waals surface area contributed by atoms with Gasteiger partial charge >= 0.3 is 0 Å². The Kier molecular flexibility index (Phi) is 8.05. The van der Waals surface area contributed by atoms with E-state index in [1.807, 2.05) is 49.3 Å². The molecule has 3 aromatic carbocycles. The van der Waals surface area contributed by atoms with Crippen molar-refractivity contribution < 1.29 is 19.2 Å². The first-order valence-corrected chi connectivity index (χ1v) is 10.6. The van der Waals surface area contributed by atoms with Crippen LogP contribution in [0, 0.1) is 10.1 Å². The van der Waals surface area contributed by atoms with E-state index in [9.17, 15) is 14.9 Å².